The van der Waals surface area contributed by atoms with Crippen LogP contribution in [0.1, 0.15) is 24.8 Å². The van der Waals surface area contributed by atoms with Crippen molar-refractivity contribution in [2.45, 2.75) is 31.8 Å². The normalized spacial score (nSPS) is 23.4. The van der Waals surface area contributed by atoms with Gasteiger partial charge in [-0.05, 0) is 56.0 Å². The van der Waals surface area contributed by atoms with Crippen molar-refractivity contribution in [2.24, 2.45) is 5.92 Å². The maximum absolute atomic E-state index is 13.2. The number of phenolic OH excluding ortho intramolecular Hbond substituents is 1. The van der Waals surface area contributed by atoms with E-state index in [2.05, 4.69) is 10.2 Å². The van der Waals surface area contributed by atoms with E-state index >= 15 is 0 Å². The first-order chi connectivity index (χ1) is 9.63. The van der Waals surface area contributed by atoms with Gasteiger partial charge >= 0.3 is 0 Å². The highest BCUT2D eigenvalue weighted by Crippen LogP contribution is 2.31. The maximum Gasteiger partial charge on any atom is 0.187 e. The van der Waals surface area contributed by atoms with Crippen molar-refractivity contribution in [3.8, 4) is 5.75 Å². The number of halogens is 2. The van der Waals surface area contributed by atoms with E-state index in [1.54, 1.807) is 0 Å². The molecule has 0 radical (unpaired) electrons. The molecule has 3 nitrogen and oxygen atoms in total. The van der Waals surface area contributed by atoms with E-state index in [1.165, 1.54) is 37.9 Å². The Balaban J connectivity index is 1.45. The quantitative estimate of drug-likeness (QED) is 0.869. The third-order valence-electron chi connectivity index (χ3n) is 4.22. The fraction of sp³-hybridized carbons (Fsp3) is 0.600. The summed E-state index contributed by atoms with van der Waals surface area (Å²) >= 11 is 0. The molecule has 1 heterocycles. The Morgan fingerprint density at radius 1 is 1.20 bits per heavy atom. The molecule has 1 aromatic carbocycles. The molecule has 1 unspecified atom stereocenters. The van der Waals surface area contributed by atoms with Gasteiger partial charge in [0.1, 0.15) is 0 Å². The molecular weight excluding hydrogens is 262 g/mol. The van der Waals surface area contributed by atoms with Gasteiger partial charge < -0.3 is 15.3 Å². The van der Waals surface area contributed by atoms with Crippen LogP contribution in [0.4, 0.5) is 8.78 Å². The Hall–Kier alpha value is -1.20. The fourth-order valence-corrected chi connectivity index (χ4v) is 2.94. The summed E-state index contributed by atoms with van der Waals surface area (Å²) < 4.78 is 26.4. The van der Waals surface area contributed by atoms with Crippen LogP contribution in [0.5, 0.6) is 5.75 Å². The minimum absolute atomic E-state index is 0.425. The molecule has 1 aromatic rings. The summed E-state index contributed by atoms with van der Waals surface area (Å²) in [6.07, 6.45) is 3.88. The highest BCUT2D eigenvalue weighted by atomic mass is 19.1. The number of rotatable bonds is 5. The van der Waals surface area contributed by atoms with E-state index in [1.807, 2.05) is 0 Å². The Morgan fingerprint density at radius 3 is 2.55 bits per heavy atom. The molecule has 1 aliphatic carbocycles. The van der Waals surface area contributed by atoms with Gasteiger partial charge in [-0.3, -0.25) is 0 Å². The molecule has 0 spiro atoms. The number of hydrogen-bond acceptors (Lipinski definition) is 3. The molecule has 20 heavy (non-hydrogen) atoms. The van der Waals surface area contributed by atoms with Gasteiger partial charge in [0.2, 0.25) is 0 Å². The lowest BCUT2D eigenvalue weighted by atomic mass is 10.1. The molecule has 3 rings (SSSR count). The lowest BCUT2D eigenvalue weighted by Gasteiger charge is -2.15. The maximum atomic E-state index is 13.2. The third kappa shape index (κ3) is 3.10. The monoisotopic (exact) mass is 282 g/mol. The molecule has 5 heteroatoms. The van der Waals surface area contributed by atoms with Gasteiger partial charge in [-0.2, -0.15) is 0 Å². The summed E-state index contributed by atoms with van der Waals surface area (Å²) in [7, 11) is 0. The molecule has 110 valence electrons. The topological polar surface area (TPSA) is 35.5 Å². The number of phenols is 1. The van der Waals surface area contributed by atoms with Crippen molar-refractivity contribution in [1.82, 2.24) is 10.2 Å². The largest absolute Gasteiger partial charge is 0.503 e. The zero-order valence-electron chi connectivity index (χ0n) is 11.4. The Bertz CT molecular complexity index is 468. The standard InChI is InChI=1S/C15H20F2N2O/c16-13-5-11(6-14(17)15(13)20)8-18-7-10-3-4-19(9-10)12-1-2-12/h5-6,10,12,18,20H,1-4,7-9H2. The predicted octanol–water partition coefficient (Wildman–Crippen LogP) is 2.24. The molecule has 2 aliphatic rings. The second-order valence-corrected chi connectivity index (χ2v) is 5.92. The van der Waals surface area contributed by atoms with E-state index in [4.69, 9.17) is 5.11 Å². The summed E-state index contributed by atoms with van der Waals surface area (Å²) in [4.78, 5) is 2.55. The van der Waals surface area contributed by atoms with Gasteiger partial charge in [-0.25, -0.2) is 8.78 Å². The molecule has 1 saturated carbocycles. The van der Waals surface area contributed by atoms with Crippen molar-refractivity contribution in [2.75, 3.05) is 19.6 Å². The zero-order valence-corrected chi connectivity index (χ0v) is 11.4. The lowest BCUT2D eigenvalue weighted by molar-refractivity contribution is 0.311. The van der Waals surface area contributed by atoms with Crippen LogP contribution in [0.2, 0.25) is 0 Å². The van der Waals surface area contributed by atoms with E-state index in [9.17, 15) is 8.78 Å². The van der Waals surface area contributed by atoms with Crippen molar-refractivity contribution in [3.63, 3.8) is 0 Å². The first kappa shape index (κ1) is 13.8. The first-order valence-corrected chi connectivity index (χ1v) is 7.25. The van der Waals surface area contributed by atoms with Crippen LogP contribution in [0, 0.1) is 17.6 Å². The minimum Gasteiger partial charge on any atom is -0.503 e. The SMILES string of the molecule is Oc1c(F)cc(CNCC2CCN(C3CC3)C2)cc1F. The number of nitrogens with zero attached hydrogens (tertiary/aromatic N) is 1. The summed E-state index contributed by atoms with van der Waals surface area (Å²) in [6, 6.07) is 3.17. The molecule has 1 atom stereocenters. The molecule has 0 amide bonds. The van der Waals surface area contributed by atoms with Crippen LogP contribution >= 0.6 is 0 Å². The van der Waals surface area contributed by atoms with Crippen LogP contribution < -0.4 is 5.32 Å². The predicted molar refractivity (Wildman–Crippen MR) is 72.4 cm³/mol. The Morgan fingerprint density at radius 2 is 1.90 bits per heavy atom. The average molecular weight is 282 g/mol. The van der Waals surface area contributed by atoms with Gasteiger partial charge in [-0.1, -0.05) is 0 Å². The molecule has 0 bridgehead atoms. The average Bonchev–Trinajstić information content (AvgIpc) is 3.16. The van der Waals surface area contributed by atoms with Gasteiger partial charge in [0.05, 0.1) is 0 Å². The molecule has 2 N–H and O–H groups in total. The van der Waals surface area contributed by atoms with Crippen LogP contribution in [-0.4, -0.2) is 35.7 Å². The third-order valence-corrected chi connectivity index (χ3v) is 4.22. The first-order valence-electron chi connectivity index (χ1n) is 7.25. The second-order valence-electron chi connectivity index (χ2n) is 5.92. The van der Waals surface area contributed by atoms with Crippen LogP contribution in [-0.2, 0) is 6.54 Å². The van der Waals surface area contributed by atoms with Crippen molar-refractivity contribution >= 4 is 0 Å². The van der Waals surface area contributed by atoms with E-state index in [0.717, 1.165) is 19.1 Å². The van der Waals surface area contributed by atoms with Gasteiger partial charge in [0, 0.05) is 19.1 Å². The summed E-state index contributed by atoms with van der Waals surface area (Å²) in [5.74, 6) is -2.07. The molecule has 1 saturated heterocycles. The Kier molecular flexibility index (Phi) is 3.89. The van der Waals surface area contributed by atoms with E-state index < -0.39 is 17.4 Å². The smallest absolute Gasteiger partial charge is 0.187 e. The summed E-state index contributed by atoms with van der Waals surface area (Å²) in [5.41, 5.74) is 0.523. The number of likely N-dealkylation sites (tertiary alicyclic amines) is 1. The zero-order chi connectivity index (χ0) is 14.1. The van der Waals surface area contributed by atoms with Crippen molar-refractivity contribution in [1.29, 1.82) is 0 Å². The molecule has 2 fully saturated rings. The second kappa shape index (κ2) is 5.66. The van der Waals surface area contributed by atoms with E-state index in [-0.39, 0.29) is 0 Å². The van der Waals surface area contributed by atoms with Crippen LogP contribution in [0.15, 0.2) is 12.1 Å². The summed E-state index contributed by atoms with van der Waals surface area (Å²) in [6.45, 7) is 3.61. The highest BCUT2D eigenvalue weighted by molar-refractivity contribution is 5.29. The number of aromatic hydroxyl groups is 1. The number of hydrogen-bond donors (Lipinski definition) is 2. The molecular formula is C15H20F2N2O. The van der Waals surface area contributed by atoms with Crippen LogP contribution in [0.3, 0.4) is 0 Å². The number of nitrogens with one attached hydrogen (secondary N) is 1. The fourth-order valence-electron chi connectivity index (χ4n) is 2.94. The molecule has 1 aliphatic heterocycles. The summed E-state index contributed by atoms with van der Waals surface area (Å²) in [5, 5.41) is 12.3. The van der Waals surface area contributed by atoms with Crippen molar-refractivity contribution in [3.05, 3.63) is 29.3 Å². The Labute approximate surface area is 117 Å². The molecule has 0 aromatic heterocycles. The number of benzene rings is 1. The van der Waals surface area contributed by atoms with Crippen LogP contribution in [0.25, 0.3) is 0 Å². The van der Waals surface area contributed by atoms with E-state index in [0.29, 0.717) is 18.0 Å². The lowest BCUT2D eigenvalue weighted by Crippen LogP contribution is -2.27. The minimum atomic E-state index is -0.900. The van der Waals surface area contributed by atoms with Crippen molar-refractivity contribution < 1.29 is 13.9 Å². The van der Waals surface area contributed by atoms with Gasteiger partial charge in [0.15, 0.2) is 17.4 Å². The van der Waals surface area contributed by atoms with Gasteiger partial charge in [0.25, 0.3) is 0 Å². The van der Waals surface area contributed by atoms with Gasteiger partial charge in [-0.15, -0.1) is 0 Å². The highest BCUT2D eigenvalue weighted by Gasteiger charge is 2.33.